The molecule has 0 aromatic heterocycles. The molecule has 5 nitrogen and oxygen atoms in total. The minimum Gasteiger partial charge on any atom is -0.494 e. The molecule has 0 fully saturated rings. The van der Waals surface area contributed by atoms with Crippen LogP contribution in [-0.2, 0) is 0 Å². The molecule has 0 heterocycles. The molecular weight excluding hydrogens is 414 g/mol. The smallest absolute Gasteiger partial charge is 0.343 e. The van der Waals surface area contributed by atoms with Gasteiger partial charge in [-0.1, -0.05) is 37.3 Å². The Morgan fingerprint density at radius 1 is 0.879 bits per heavy atom. The van der Waals surface area contributed by atoms with Crippen LogP contribution in [0.2, 0.25) is 0 Å². The molecule has 5 heteroatoms. The summed E-state index contributed by atoms with van der Waals surface area (Å²) in [5, 5.41) is 2.31. The zero-order chi connectivity index (χ0) is 23.0. The number of nitrogens with zero attached hydrogens (tertiary/aromatic N) is 1. The lowest BCUT2D eigenvalue weighted by atomic mass is 10.1. The molecular formula is C28H25NO4. The van der Waals surface area contributed by atoms with Crippen LogP contribution in [-0.4, -0.2) is 25.9 Å². The second kappa shape index (κ2) is 10.5. The molecule has 33 heavy (non-hydrogen) atoms. The van der Waals surface area contributed by atoms with Crippen LogP contribution in [0.4, 0.5) is 5.69 Å². The summed E-state index contributed by atoms with van der Waals surface area (Å²) in [6.07, 6.45) is 2.68. The largest absolute Gasteiger partial charge is 0.494 e. The van der Waals surface area contributed by atoms with Gasteiger partial charge in [-0.05, 0) is 77.4 Å². The van der Waals surface area contributed by atoms with Crippen LogP contribution in [0, 0.1) is 0 Å². The first-order valence-corrected chi connectivity index (χ1v) is 10.8. The Hall–Kier alpha value is -4.12. The standard InChI is InChI=1S/C28H25NO4/c1-3-16-32-25-13-10-22(11-14-25)28(30)33-26-15-8-20(17-27(26)31-2)19-29-24-12-9-21-6-4-5-7-23(21)18-24/h4-15,17-19H,3,16H2,1-2H3. The van der Waals surface area contributed by atoms with E-state index in [2.05, 4.69) is 17.1 Å². The van der Waals surface area contributed by atoms with E-state index in [-0.39, 0.29) is 0 Å². The SMILES string of the molecule is CCCOc1ccc(C(=O)Oc2ccc(C=Nc3ccc4ccccc4c3)cc2OC)cc1. The molecule has 4 rings (SSSR count). The van der Waals surface area contributed by atoms with E-state index in [1.165, 1.54) is 12.5 Å². The minimum absolute atomic E-state index is 0.344. The van der Waals surface area contributed by atoms with E-state index >= 15 is 0 Å². The first kappa shape index (κ1) is 22.1. The van der Waals surface area contributed by atoms with Crippen LogP contribution in [0.1, 0.15) is 29.3 Å². The van der Waals surface area contributed by atoms with E-state index < -0.39 is 5.97 Å². The molecule has 0 amide bonds. The van der Waals surface area contributed by atoms with Gasteiger partial charge in [-0.3, -0.25) is 4.99 Å². The van der Waals surface area contributed by atoms with Crippen molar-refractivity contribution in [1.29, 1.82) is 0 Å². The lowest BCUT2D eigenvalue weighted by Crippen LogP contribution is -2.09. The molecule has 0 bridgehead atoms. The topological polar surface area (TPSA) is 57.1 Å². The van der Waals surface area contributed by atoms with Crippen molar-refractivity contribution < 1.29 is 19.0 Å². The number of ether oxygens (including phenoxy) is 3. The first-order valence-electron chi connectivity index (χ1n) is 10.8. The van der Waals surface area contributed by atoms with E-state index in [9.17, 15) is 4.79 Å². The van der Waals surface area contributed by atoms with Gasteiger partial charge in [-0.15, -0.1) is 0 Å². The predicted molar refractivity (Wildman–Crippen MR) is 131 cm³/mol. The van der Waals surface area contributed by atoms with Gasteiger partial charge in [0.25, 0.3) is 0 Å². The van der Waals surface area contributed by atoms with Crippen molar-refractivity contribution in [1.82, 2.24) is 0 Å². The van der Waals surface area contributed by atoms with Crippen LogP contribution in [0.25, 0.3) is 10.8 Å². The summed E-state index contributed by atoms with van der Waals surface area (Å²) < 4.78 is 16.5. The summed E-state index contributed by atoms with van der Waals surface area (Å²) in [6, 6.07) is 26.4. The second-order valence-electron chi connectivity index (χ2n) is 7.46. The fraction of sp³-hybridized carbons (Fsp3) is 0.143. The lowest BCUT2D eigenvalue weighted by molar-refractivity contribution is 0.0729. The molecule has 0 atom stereocenters. The third-order valence-corrected chi connectivity index (χ3v) is 5.05. The molecule has 0 saturated carbocycles. The molecule has 4 aromatic rings. The average molecular weight is 440 g/mol. The third-order valence-electron chi connectivity index (χ3n) is 5.05. The van der Waals surface area contributed by atoms with Crippen molar-refractivity contribution in [2.24, 2.45) is 4.99 Å². The van der Waals surface area contributed by atoms with Gasteiger partial charge in [0.2, 0.25) is 0 Å². The van der Waals surface area contributed by atoms with Crippen molar-refractivity contribution in [2.45, 2.75) is 13.3 Å². The normalized spacial score (nSPS) is 11.0. The van der Waals surface area contributed by atoms with Crippen molar-refractivity contribution in [3.05, 3.63) is 96.1 Å². The highest BCUT2D eigenvalue weighted by Gasteiger charge is 2.13. The quantitative estimate of drug-likeness (QED) is 0.176. The first-order chi connectivity index (χ1) is 16.2. The Kier molecular flexibility index (Phi) is 7.00. The number of esters is 1. The zero-order valence-electron chi connectivity index (χ0n) is 18.7. The van der Waals surface area contributed by atoms with Crippen molar-refractivity contribution in [3.8, 4) is 17.2 Å². The van der Waals surface area contributed by atoms with E-state index in [4.69, 9.17) is 14.2 Å². The second-order valence-corrected chi connectivity index (χ2v) is 7.46. The molecule has 0 unspecified atom stereocenters. The van der Waals surface area contributed by atoms with E-state index in [1.54, 1.807) is 42.6 Å². The summed E-state index contributed by atoms with van der Waals surface area (Å²) in [7, 11) is 1.54. The van der Waals surface area contributed by atoms with Gasteiger partial charge in [0.05, 0.1) is 25.0 Å². The van der Waals surface area contributed by atoms with Gasteiger partial charge >= 0.3 is 5.97 Å². The molecule has 166 valence electrons. The number of carbonyl (C=O) groups is 1. The summed E-state index contributed by atoms with van der Waals surface area (Å²) in [5.41, 5.74) is 2.12. The van der Waals surface area contributed by atoms with Crippen LogP contribution >= 0.6 is 0 Å². The van der Waals surface area contributed by atoms with Crippen LogP contribution in [0.15, 0.2) is 89.9 Å². The molecule has 0 aliphatic rings. The number of fused-ring (bicyclic) bond motifs is 1. The Labute approximate surface area is 193 Å². The zero-order valence-corrected chi connectivity index (χ0v) is 18.7. The van der Waals surface area contributed by atoms with Crippen LogP contribution in [0.3, 0.4) is 0 Å². The van der Waals surface area contributed by atoms with Gasteiger partial charge in [0.15, 0.2) is 11.5 Å². The molecule has 0 radical (unpaired) electrons. The van der Waals surface area contributed by atoms with E-state index in [0.717, 1.165) is 28.8 Å². The maximum atomic E-state index is 12.6. The highest BCUT2D eigenvalue weighted by molar-refractivity contribution is 5.92. The average Bonchev–Trinajstić information content (AvgIpc) is 2.87. The van der Waals surface area contributed by atoms with Gasteiger partial charge < -0.3 is 14.2 Å². The molecule has 0 aliphatic carbocycles. The number of carbonyl (C=O) groups excluding carboxylic acids is 1. The molecule has 0 N–H and O–H groups in total. The Balaban J connectivity index is 1.46. The van der Waals surface area contributed by atoms with Crippen molar-refractivity contribution in [3.63, 3.8) is 0 Å². The number of benzene rings is 4. The summed E-state index contributed by atoms with van der Waals surface area (Å²) >= 11 is 0. The number of hydrogen-bond donors (Lipinski definition) is 0. The number of aliphatic imine (C=N–C) groups is 1. The molecule has 4 aromatic carbocycles. The highest BCUT2D eigenvalue weighted by Crippen LogP contribution is 2.29. The molecule has 0 aliphatic heterocycles. The summed E-state index contributed by atoms with van der Waals surface area (Å²) in [4.78, 5) is 17.1. The maximum Gasteiger partial charge on any atom is 0.343 e. The van der Waals surface area contributed by atoms with Crippen molar-refractivity contribution >= 4 is 28.6 Å². The third kappa shape index (κ3) is 5.57. The van der Waals surface area contributed by atoms with Crippen LogP contribution < -0.4 is 14.2 Å². The Morgan fingerprint density at radius 2 is 1.67 bits per heavy atom. The molecule has 0 saturated heterocycles. The lowest BCUT2D eigenvalue weighted by Gasteiger charge is -2.10. The number of hydrogen-bond acceptors (Lipinski definition) is 5. The Morgan fingerprint density at radius 3 is 2.42 bits per heavy atom. The number of rotatable bonds is 8. The maximum absolute atomic E-state index is 12.6. The number of methoxy groups -OCH3 is 1. The Bertz CT molecular complexity index is 1280. The minimum atomic E-state index is -0.465. The highest BCUT2D eigenvalue weighted by atomic mass is 16.6. The van der Waals surface area contributed by atoms with Gasteiger partial charge in [0, 0.05) is 6.21 Å². The fourth-order valence-corrected chi connectivity index (χ4v) is 3.32. The van der Waals surface area contributed by atoms with Gasteiger partial charge in [-0.2, -0.15) is 0 Å². The van der Waals surface area contributed by atoms with Crippen LogP contribution in [0.5, 0.6) is 17.2 Å². The van der Waals surface area contributed by atoms with Gasteiger partial charge in [0.1, 0.15) is 5.75 Å². The fourth-order valence-electron chi connectivity index (χ4n) is 3.32. The van der Waals surface area contributed by atoms with E-state index in [0.29, 0.717) is 23.7 Å². The molecule has 0 spiro atoms. The van der Waals surface area contributed by atoms with Crippen molar-refractivity contribution in [2.75, 3.05) is 13.7 Å². The predicted octanol–water partition coefficient (Wildman–Crippen LogP) is 6.61. The summed E-state index contributed by atoms with van der Waals surface area (Å²) in [5.74, 6) is 1.05. The van der Waals surface area contributed by atoms with Gasteiger partial charge in [-0.25, -0.2) is 4.79 Å². The van der Waals surface area contributed by atoms with E-state index in [1.807, 2.05) is 43.3 Å². The summed E-state index contributed by atoms with van der Waals surface area (Å²) in [6.45, 7) is 2.68. The monoisotopic (exact) mass is 439 g/mol.